The highest BCUT2D eigenvalue weighted by Gasteiger charge is 2.28. The molecule has 0 bridgehead atoms. The molecule has 3 atom stereocenters. The van der Waals surface area contributed by atoms with Crippen molar-refractivity contribution in [3.63, 3.8) is 0 Å². The van der Waals surface area contributed by atoms with Crippen molar-refractivity contribution in [1.29, 1.82) is 0 Å². The number of nitrogens with zero attached hydrogens (tertiary/aromatic N) is 2. The number of amides is 1. The summed E-state index contributed by atoms with van der Waals surface area (Å²) in [5.74, 6) is 1.16. The molecule has 1 saturated heterocycles. The van der Waals surface area contributed by atoms with E-state index in [1.165, 1.54) is 0 Å². The molecule has 5 rings (SSSR count). The van der Waals surface area contributed by atoms with Crippen molar-refractivity contribution in [2.75, 3.05) is 13.1 Å². The molecular formula is C26H27N5O. The van der Waals surface area contributed by atoms with Crippen LogP contribution in [0.5, 0.6) is 0 Å². The number of hydrogen-bond acceptors (Lipinski definition) is 3. The first-order valence-corrected chi connectivity index (χ1v) is 11.2. The fourth-order valence-electron chi connectivity index (χ4n) is 4.36. The van der Waals surface area contributed by atoms with E-state index >= 15 is 0 Å². The van der Waals surface area contributed by atoms with Gasteiger partial charge in [0.05, 0.1) is 11.4 Å². The largest absolute Gasteiger partial charge is 0.348 e. The molecule has 2 aliphatic heterocycles. The molecule has 3 N–H and O–H groups in total. The van der Waals surface area contributed by atoms with Crippen LogP contribution in [-0.4, -0.2) is 36.7 Å². The van der Waals surface area contributed by atoms with Gasteiger partial charge >= 0.3 is 0 Å². The number of rotatable bonds is 4. The molecule has 0 aromatic heterocycles. The van der Waals surface area contributed by atoms with Crippen LogP contribution < -0.4 is 16.0 Å². The first-order valence-electron chi connectivity index (χ1n) is 11.2. The first-order chi connectivity index (χ1) is 15.7. The van der Waals surface area contributed by atoms with Gasteiger partial charge in [0.1, 0.15) is 0 Å². The Morgan fingerprint density at radius 1 is 1.09 bits per heavy atom. The molecular weight excluding hydrogens is 398 g/mol. The van der Waals surface area contributed by atoms with Gasteiger partial charge in [0.2, 0.25) is 5.96 Å². The van der Waals surface area contributed by atoms with E-state index in [2.05, 4.69) is 53.2 Å². The Labute approximate surface area is 188 Å². The average molecular weight is 426 g/mol. The molecule has 2 aromatic carbocycles. The number of benzene rings is 2. The second kappa shape index (κ2) is 8.93. The number of fused-ring (bicyclic) bond motifs is 1. The Morgan fingerprint density at radius 3 is 2.66 bits per heavy atom. The molecule has 32 heavy (non-hydrogen) atoms. The third-order valence-corrected chi connectivity index (χ3v) is 6.24. The van der Waals surface area contributed by atoms with Gasteiger partial charge in [-0.15, -0.1) is 0 Å². The molecule has 6 heteroatoms. The highest BCUT2D eigenvalue weighted by Crippen LogP contribution is 2.27. The number of carbonyl (C=O) groups excluding carboxylic acids is 1. The van der Waals surface area contributed by atoms with Crippen LogP contribution in [-0.2, 0) is 0 Å². The molecule has 2 aromatic rings. The fraction of sp³-hybridized carbons (Fsp3) is 0.269. The van der Waals surface area contributed by atoms with Gasteiger partial charge in [-0.1, -0.05) is 49.4 Å². The second-order valence-electron chi connectivity index (χ2n) is 8.52. The molecule has 1 fully saturated rings. The van der Waals surface area contributed by atoms with Gasteiger partial charge in [0.15, 0.2) is 0 Å². The van der Waals surface area contributed by atoms with Gasteiger partial charge in [-0.3, -0.25) is 4.79 Å². The van der Waals surface area contributed by atoms with Crippen LogP contribution >= 0.6 is 0 Å². The van der Waals surface area contributed by atoms with E-state index in [4.69, 9.17) is 9.98 Å². The van der Waals surface area contributed by atoms with Crippen molar-refractivity contribution >= 4 is 23.3 Å². The number of hydrogen-bond donors (Lipinski definition) is 3. The third kappa shape index (κ3) is 4.27. The minimum absolute atomic E-state index is 0.0491. The number of nitrogens with one attached hydrogen (secondary N) is 3. The highest BCUT2D eigenvalue weighted by molar-refractivity contribution is 6.12. The zero-order valence-corrected chi connectivity index (χ0v) is 18.1. The Hall–Kier alpha value is -3.51. The van der Waals surface area contributed by atoms with E-state index in [1.807, 2.05) is 42.5 Å². The molecule has 3 aliphatic rings. The van der Waals surface area contributed by atoms with Crippen molar-refractivity contribution in [3.05, 3.63) is 89.6 Å². The lowest BCUT2D eigenvalue weighted by molar-refractivity contribution is 0.0933. The molecule has 2 heterocycles. The SMILES string of the molecule is CC1CNCC1NC(=O)c1ccc(N=C2N=C(c3ccccc3)C3CC=CC=C3N2)cc1. The van der Waals surface area contributed by atoms with Crippen molar-refractivity contribution in [2.24, 2.45) is 21.8 Å². The van der Waals surface area contributed by atoms with Gasteiger partial charge in [-0.25, -0.2) is 9.98 Å². The Morgan fingerprint density at radius 2 is 1.91 bits per heavy atom. The zero-order chi connectivity index (χ0) is 21.9. The normalized spacial score (nSPS) is 25.5. The van der Waals surface area contributed by atoms with Gasteiger partial charge in [0, 0.05) is 29.8 Å². The first kappa shape index (κ1) is 20.4. The zero-order valence-electron chi connectivity index (χ0n) is 18.1. The second-order valence-corrected chi connectivity index (χ2v) is 8.52. The molecule has 0 saturated carbocycles. The van der Waals surface area contributed by atoms with Gasteiger partial charge < -0.3 is 16.0 Å². The van der Waals surface area contributed by atoms with Crippen LogP contribution in [0.1, 0.15) is 29.3 Å². The van der Waals surface area contributed by atoms with Crippen LogP contribution in [0.4, 0.5) is 5.69 Å². The summed E-state index contributed by atoms with van der Waals surface area (Å²) in [4.78, 5) is 22.2. The molecule has 6 nitrogen and oxygen atoms in total. The Bertz CT molecular complexity index is 1110. The smallest absolute Gasteiger partial charge is 0.251 e. The maximum atomic E-state index is 12.6. The minimum atomic E-state index is -0.0491. The summed E-state index contributed by atoms with van der Waals surface area (Å²) in [5, 5.41) is 9.80. The Balaban J connectivity index is 1.38. The summed E-state index contributed by atoms with van der Waals surface area (Å²) in [7, 11) is 0. The van der Waals surface area contributed by atoms with Crippen LogP contribution in [0.3, 0.4) is 0 Å². The summed E-state index contributed by atoms with van der Waals surface area (Å²) >= 11 is 0. The average Bonchev–Trinajstić information content (AvgIpc) is 3.23. The number of guanidine groups is 1. The maximum Gasteiger partial charge on any atom is 0.251 e. The van der Waals surface area contributed by atoms with Crippen molar-refractivity contribution in [1.82, 2.24) is 16.0 Å². The lowest BCUT2D eigenvalue weighted by Crippen LogP contribution is -2.39. The molecule has 3 unspecified atom stereocenters. The molecule has 0 radical (unpaired) electrons. The highest BCUT2D eigenvalue weighted by atomic mass is 16.1. The number of carbonyl (C=O) groups is 1. The quantitative estimate of drug-likeness (QED) is 0.701. The van der Waals surface area contributed by atoms with E-state index in [0.29, 0.717) is 17.4 Å². The summed E-state index contributed by atoms with van der Waals surface area (Å²) in [6, 6.07) is 17.8. The van der Waals surface area contributed by atoms with Gasteiger partial charge in [0.25, 0.3) is 5.91 Å². The summed E-state index contributed by atoms with van der Waals surface area (Å²) in [6.45, 7) is 3.90. The predicted octanol–water partition coefficient (Wildman–Crippen LogP) is 3.56. The van der Waals surface area contributed by atoms with Crippen LogP contribution in [0.25, 0.3) is 0 Å². The topological polar surface area (TPSA) is 77.9 Å². The molecule has 0 spiro atoms. The minimum Gasteiger partial charge on any atom is -0.348 e. The molecule has 1 amide bonds. The van der Waals surface area contributed by atoms with Crippen LogP contribution in [0.15, 0.2) is 88.5 Å². The maximum absolute atomic E-state index is 12.6. The summed E-state index contributed by atoms with van der Waals surface area (Å²) < 4.78 is 0. The third-order valence-electron chi connectivity index (χ3n) is 6.24. The fourth-order valence-corrected chi connectivity index (χ4v) is 4.36. The van der Waals surface area contributed by atoms with E-state index in [0.717, 1.165) is 42.2 Å². The lowest BCUT2D eigenvalue weighted by atomic mass is 9.87. The molecule has 162 valence electrons. The van der Waals surface area contributed by atoms with E-state index < -0.39 is 0 Å². The van der Waals surface area contributed by atoms with Crippen molar-refractivity contribution in [2.45, 2.75) is 19.4 Å². The summed E-state index contributed by atoms with van der Waals surface area (Å²) in [6.07, 6.45) is 7.24. The van der Waals surface area contributed by atoms with E-state index in [1.54, 1.807) is 0 Å². The van der Waals surface area contributed by atoms with Gasteiger partial charge in [-0.2, -0.15) is 0 Å². The van der Waals surface area contributed by atoms with E-state index in [9.17, 15) is 4.79 Å². The van der Waals surface area contributed by atoms with Crippen molar-refractivity contribution in [3.8, 4) is 0 Å². The Kier molecular flexibility index (Phi) is 5.69. The predicted molar refractivity (Wildman–Crippen MR) is 128 cm³/mol. The van der Waals surface area contributed by atoms with Gasteiger partial charge in [-0.05, 0) is 54.8 Å². The van der Waals surface area contributed by atoms with Crippen LogP contribution in [0, 0.1) is 11.8 Å². The van der Waals surface area contributed by atoms with Crippen LogP contribution in [0.2, 0.25) is 0 Å². The summed E-state index contributed by atoms with van der Waals surface area (Å²) in [5.41, 5.74) is 4.62. The number of aliphatic imine (C=N–C) groups is 2. The van der Waals surface area contributed by atoms with Crippen molar-refractivity contribution < 1.29 is 4.79 Å². The van der Waals surface area contributed by atoms with E-state index in [-0.39, 0.29) is 17.9 Å². The standard InChI is InChI=1S/C26H27N5O/c1-17-15-27-16-23(17)29-25(32)19-11-13-20(14-12-19)28-26-30-22-10-6-5-9-21(22)24(31-26)18-7-3-2-4-8-18/h2-8,10-14,17,21,23,27H,9,15-16H2,1H3,(H,28,30)(H,29,32). The number of allylic oxidation sites excluding steroid dienone is 4. The monoisotopic (exact) mass is 425 g/mol. The lowest BCUT2D eigenvalue weighted by Gasteiger charge is -2.29. The molecule has 1 aliphatic carbocycles.